The van der Waals surface area contributed by atoms with Gasteiger partial charge in [0, 0.05) is 16.7 Å². The van der Waals surface area contributed by atoms with Crippen molar-refractivity contribution in [2.75, 3.05) is 12.3 Å². The summed E-state index contributed by atoms with van der Waals surface area (Å²) in [6.45, 7) is 9.36. The van der Waals surface area contributed by atoms with Gasteiger partial charge in [-0.05, 0) is 57.0 Å². The highest BCUT2D eigenvalue weighted by molar-refractivity contribution is 7.85. The van der Waals surface area contributed by atoms with Crippen molar-refractivity contribution in [2.45, 2.75) is 45.1 Å². The van der Waals surface area contributed by atoms with E-state index in [0.29, 0.717) is 11.8 Å². The highest BCUT2D eigenvalue weighted by atomic mass is 32.2. The molecule has 0 amide bonds. The summed E-state index contributed by atoms with van der Waals surface area (Å²) in [5.41, 5.74) is 2.47. The van der Waals surface area contributed by atoms with E-state index >= 15 is 0 Å². The largest absolute Gasteiger partial charge is 0.313 e. The fourth-order valence-corrected chi connectivity index (χ4v) is 2.92. The lowest BCUT2D eigenvalue weighted by atomic mass is 10.1. The summed E-state index contributed by atoms with van der Waals surface area (Å²) in [5, 5.41) is 3.37. The molecular weight excluding hydrogens is 230 g/mol. The summed E-state index contributed by atoms with van der Waals surface area (Å²) in [4.78, 5) is 0.943. The van der Waals surface area contributed by atoms with Gasteiger partial charge in [-0.3, -0.25) is 4.21 Å². The van der Waals surface area contributed by atoms with E-state index in [1.54, 1.807) is 0 Å². The second-order valence-electron chi connectivity index (χ2n) is 4.61. The van der Waals surface area contributed by atoms with Crippen LogP contribution in [0.2, 0.25) is 0 Å². The first-order valence-electron chi connectivity index (χ1n) is 6.23. The van der Waals surface area contributed by atoms with Gasteiger partial charge in [-0.25, -0.2) is 0 Å². The van der Waals surface area contributed by atoms with Crippen molar-refractivity contribution in [1.29, 1.82) is 0 Å². The lowest BCUT2D eigenvalue weighted by Gasteiger charge is -2.13. The van der Waals surface area contributed by atoms with Crippen LogP contribution in [0.25, 0.3) is 0 Å². The molecular formula is C14H23NOS. The normalized spacial score (nSPS) is 14.6. The van der Waals surface area contributed by atoms with Gasteiger partial charge in [0.1, 0.15) is 0 Å². The Kier molecular flexibility index (Phi) is 5.86. The zero-order chi connectivity index (χ0) is 12.8. The van der Waals surface area contributed by atoms with Crippen molar-refractivity contribution in [3.05, 3.63) is 29.3 Å². The first kappa shape index (κ1) is 14.4. The molecule has 96 valence electrons. The van der Waals surface area contributed by atoms with E-state index in [1.807, 2.05) is 18.2 Å². The van der Waals surface area contributed by atoms with Gasteiger partial charge >= 0.3 is 0 Å². The van der Waals surface area contributed by atoms with E-state index in [-0.39, 0.29) is 0 Å². The number of hydrogen-bond acceptors (Lipinski definition) is 2. The predicted molar refractivity (Wildman–Crippen MR) is 74.9 cm³/mol. The monoisotopic (exact) mass is 253 g/mol. The molecule has 0 heterocycles. The minimum atomic E-state index is -0.898. The molecule has 1 N–H and O–H groups in total. The van der Waals surface area contributed by atoms with Gasteiger partial charge in [0.05, 0.1) is 10.8 Å². The van der Waals surface area contributed by atoms with Crippen LogP contribution < -0.4 is 5.32 Å². The third-order valence-electron chi connectivity index (χ3n) is 2.89. The molecule has 0 saturated heterocycles. The molecule has 0 fully saturated rings. The second kappa shape index (κ2) is 6.92. The fraction of sp³-hybridized carbons (Fsp3) is 0.571. The molecule has 0 aliphatic carbocycles. The van der Waals surface area contributed by atoms with Crippen molar-refractivity contribution in [3.8, 4) is 0 Å². The smallest absolute Gasteiger partial charge is 0.0545 e. The van der Waals surface area contributed by atoms with Gasteiger partial charge in [-0.1, -0.05) is 13.0 Å². The Labute approximate surface area is 107 Å². The fourth-order valence-electron chi connectivity index (χ4n) is 1.63. The Balaban J connectivity index is 2.60. The van der Waals surface area contributed by atoms with E-state index in [4.69, 9.17) is 0 Å². The maximum atomic E-state index is 12.2. The average Bonchev–Trinajstić information content (AvgIpc) is 2.30. The van der Waals surface area contributed by atoms with Crippen molar-refractivity contribution in [1.82, 2.24) is 5.32 Å². The maximum absolute atomic E-state index is 12.2. The molecule has 0 spiro atoms. The summed E-state index contributed by atoms with van der Waals surface area (Å²) in [6, 6.07) is 6.37. The van der Waals surface area contributed by atoms with Crippen LogP contribution in [0, 0.1) is 13.8 Å². The third-order valence-corrected chi connectivity index (χ3v) is 4.47. The summed E-state index contributed by atoms with van der Waals surface area (Å²) >= 11 is 0. The number of rotatable bonds is 6. The van der Waals surface area contributed by atoms with Crippen LogP contribution in [-0.2, 0) is 10.8 Å². The molecule has 0 aliphatic rings. The van der Waals surface area contributed by atoms with Crippen molar-refractivity contribution >= 4 is 10.8 Å². The van der Waals surface area contributed by atoms with Gasteiger partial charge in [-0.15, -0.1) is 0 Å². The average molecular weight is 253 g/mol. The molecule has 0 saturated carbocycles. The van der Waals surface area contributed by atoms with Crippen LogP contribution in [-0.4, -0.2) is 22.5 Å². The molecule has 2 atom stereocenters. The number of nitrogens with one attached hydrogen (secondary N) is 1. The standard InChI is InChI=1S/C14H23NOS/c1-5-8-15-13(4)10-17(16)14-7-6-11(2)12(3)9-14/h6-7,9,13,15H,5,8,10H2,1-4H3. The van der Waals surface area contributed by atoms with Crippen LogP contribution in [0.1, 0.15) is 31.4 Å². The Bertz CT molecular complexity index is 390. The van der Waals surface area contributed by atoms with E-state index < -0.39 is 10.8 Å². The molecule has 3 heteroatoms. The lowest BCUT2D eigenvalue weighted by molar-refractivity contribution is 0.582. The number of benzene rings is 1. The molecule has 1 aromatic rings. The highest BCUT2D eigenvalue weighted by Crippen LogP contribution is 2.13. The number of aryl methyl sites for hydroxylation is 2. The van der Waals surface area contributed by atoms with Gasteiger partial charge in [0.15, 0.2) is 0 Å². The lowest BCUT2D eigenvalue weighted by Crippen LogP contribution is -2.31. The first-order valence-corrected chi connectivity index (χ1v) is 7.55. The van der Waals surface area contributed by atoms with Gasteiger partial charge in [0.2, 0.25) is 0 Å². The van der Waals surface area contributed by atoms with Crippen molar-refractivity contribution < 1.29 is 4.21 Å². The summed E-state index contributed by atoms with van der Waals surface area (Å²) < 4.78 is 12.2. The van der Waals surface area contributed by atoms with E-state index in [9.17, 15) is 4.21 Å². The first-order chi connectivity index (χ1) is 8.04. The zero-order valence-corrected chi connectivity index (χ0v) is 12.1. The summed E-state index contributed by atoms with van der Waals surface area (Å²) in [7, 11) is -0.898. The Morgan fingerprint density at radius 1 is 1.29 bits per heavy atom. The van der Waals surface area contributed by atoms with Crippen LogP contribution in [0.5, 0.6) is 0 Å². The van der Waals surface area contributed by atoms with Crippen molar-refractivity contribution in [3.63, 3.8) is 0 Å². The SMILES string of the molecule is CCCNC(C)CS(=O)c1ccc(C)c(C)c1. The van der Waals surface area contributed by atoms with Gasteiger partial charge in [0.25, 0.3) is 0 Å². The number of hydrogen-bond donors (Lipinski definition) is 1. The van der Waals surface area contributed by atoms with Crippen LogP contribution >= 0.6 is 0 Å². The van der Waals surface area contributed by atoms with Gasteiger partial charge < -0.3 is 5.32 Å². The molecule has 17 heavy (non-hydrogen) atoms. The zero-order valence-electron chi connectivity index (χ0n) is 11.2. The van der Waals surface area contributed by atoms with Gasteiger partial charge in [-0.2, -0.15) is 0 Å². The molecule has 0 bridgehead atoms. The van der Waals surface area contributed by atoms with Crippen LogP contribution in [0.3, 0.4) is 0 Å². The molecule has 1 rings (SSSR count). The Hall–Kier alpha value is -0.670. The minimum Gasteiger partial charge on any atom is -0.313 e. The quantitative estimate of drug-likeness (QED) is 0.844. The van der Waals surface area contributed by atoms with Crippen LogP contribution in [0.4, 0.5) is 0 Å². The van der Waals surface area contributed by atoms with Crippen molar-refractivity contribution in [2.24, 2.45) is 0 Å². The minimum absolute atomic E-state index is 0.303. The highest BCUT2D eigenvalue weighted by Gasteiger charge is 2.09. The molecule has 0 radical (unpaired) electrons. The molecule has 0 aliphatic heterocycles. The van der Waals surface area contributed by atoms with E-state index in [1.165, 1.54) is 11.1 Å². The predicted octanol–water partition coefficient (Wildman–Crippen LogP) is 2.80. The maximum Gasteiger partial charge on any atom is 0.0545 e. The molecule has 1 aromatic carbocycles. The third kappa shape index (κ3) is 4.60. The topological polar surface area (TPSA) is 29.1 Å². The Morgan fingerprint density at radius 3 is 2.59 bits per heavy atom. The van der Waals surface area contributed by atoms with E-state index in [0.717, 1.165) is 17.9 Å². The summed E-state index contributed by atoms with van der Waals surface area (Å²) in [6.07, 6.45) is 1.11. The molecule has 2 nitrogen and oxygen atoms in total. The second-order valence-corrected chi connectivity index (χ2v) is 6.11. The summed E-state index contributed by atoms with van der Waals surface area (Å²) in [5.74, 6) is 0.683. The van der Waals surface area contributed by atoms with E-state index in [2.05, 4.69) is 33.0 Å². The molecule has 0 aromatic heterocycles. The molecule has 2 unspecified atom stereocenters. The Morgan fingerprint density at radius 2 is 2.00 bits per heavy atom. The van der Waals surface area contributed by atoms with Crippen LogP contribution in [0.15, 0.2) is 23.1 Å².